The maximum absolute atomic E-state index is 12.0. The smallest absolute Gasteiger partial charge is 0.257 e. The van der Waals surface area contributed by atoms with E-state index < -0.39 is 0 Å². The van der Waals surface area contributed by atoms with Crippen LogP contribution < -0.4 is 16.2 Å². The summed E-state index contributed by atoms with van der Waals surface area (Å²) < 4.78 is 0. The second-order valence-corrected chi connectivity index (χ2v) is 6.28. The molecule has 5 nitrogen and oxygen atoms in total. The highest BCUT2D eigenvalue weighted by atomic mass is 16.2. The summed E-state index contributed by atoms with van der Waals surface area (Å²) in [7, 11) is 0. The van der Waals surface area contributed by atoms with Crippen LogP contribution in [0.1, 0.15) is 36.0 Å². The number of rotatable bonds is 6. The molecule has 0 aliphatic heterocycles. The van der Waals surface area contributed by atoms with Gasteiger partial charge in [-0.1, -0.05) is 55.0 Å². The number of nitrogens with one attached hydrogen (secondary N) is 3. The molecule has 0 aromatic heterocycles. The molecule has 2 rings (SSSR count). The first-order valence-electron chi connectivity index (χ1n) is 8.39. The summed E-state index contributed by atoms with van der Waals surface area (Å²) in [4.78, 5) is 23.8. The number of hydrogen-bond acceptors (Lipinski definition) is 3. The summed E-state index contributed by atoms with van der Waals surface area (Å²) in [5, 5.41) is 3.07. The fourth-order valence-corrected chi connectivity index (χ4v) is 2.60. The molecule has 3 N–H and O–H groups in total. The number of amides is 2. The third-order valence-electron chi connectivity index (χ3n) is 4.02. The van der Waals surface area contributed by atoms with E-state index in [-0.39, 0.29) is 24.3 Å². The minimum Gasteiger partial charge on any atom is -0.376 e. The Hall–Kier alpha value is -2.82. The summed E-state index contributed by atoms with van der Waals surface area (Å²) >= 11 is 0. The first-order valence-corrected chi connectivity index (χ1v) is 8.39. The molecule has 2 aromatic carbocycles. The zero-order chi connectivity index (χ0) is 18.2. The Morgan fingerprint density at radius 3 is 2.32 bits per heavy atom. The molecule has 132 valence electrons. The SMILES string of the molecule is Cc1ccc(NCC(=O)NNC(=O)CC(C)c2ccccc2)c(C)c1. The number of hydrazine groups is 1. The van der Waals surface area contributed by atoms with E-state index in [4.69, 9.17) is 0 Å². The molecule has 25 heavy (non-hydrogen) atoms. The van der Waals surface area contributed by atoms with Crippen LogP contribution in [0.15, 0.2) is 48.5 Å². The van der Waals surface area contributed by atoms with E-state index in [1.54, 1.807) is 0 Å². The molecular weight excluding hydrogens is 314 g/mol. The van der Waals surface area contributed by atoms with E-state index in [1.807, 2.05) is 69.3 Å². The zero-order valence-electron chi connectivity index (χ0n) is 14.9. The molecule has 2 amide bonds. The minimum absolute atomic E-state index is 0.0893. The second-order valence-electron chi connectivity index (χ2n) is 6.28. The van der Waals surface area contributed by atoms with Gasteiger partial charge in [0.15, 0.2) is 0 Å². The van der Waals surface area contributed by atoms with Gasteiger partial charge in [-0.05, 0) is 37.0 Å². The first kappa shape index (κ1) is 18.5. The van der Waals surface area contributed by atoms with E-state index in [9.17, 15) is 9.59 Å². The van der Waals surface area contributed by atoms with Gasteiger partial charge in [-0.2, -0.15) is 0 Å². The van der Waals surface area contributed by atoms with Gasteiger partial charge in [0.25, 0.3) is 5.91 Å². The lowest BCUT2D eigenvalue weighted by atomic mass is 9.98. The predicted octanol–water partition coefficient (Wildman–Crippen LogP) is 3.06. The highest BCUT2D eigenvalue weighted by Gasteiger charge is 2.11. The van der Waals surface area contributed by atoms with Gasteiger partial charge in [-0.15, -0.1) is 0 Å². The van der Waals surface area contributed by atoms with Crippen LogP contribution in [0.4, 0.5) is 5.69 Å². The van der Waals surface area contributed by atoms with E-state index in [0.717, 1.165) is 16.8 Å². The number of aryl methyl sites for hydroxylation is 2. The number of carbonyl (C=O) groups excluding carboxylic acids is 2. The number of anilines is 1. The topological polar surface area (TPSA) is 70.2 Å². The van der Waals surface area contributed by atoms with E-state index >= 15 is 0 Å². The van der Waals surface area contributed by atoms with Crippen molar-refractivity contribution in [3.05, 3.63) is 65.2 Å². The van der Waals surface area contributed by atoms with Gasteiger partial charge in [0.1, 0.15) is 0 Å². The van der Waals surface area contributed by atoms with Crippen LogP contribution in [0.5, 0.6) is 0 Å². The molecule has 2 aromatic rings. The normalized spacial score (nSPS) is 11.5. The summed E-state index contributed by atoms with van der Waals surface area (Å²) in [5.74, 6) is -0.414. The molecule has 0 radical (unpaired) electrons. The van der Waals surface area contributed by atoms with Crippen molar-refractivity contribution in [2.24, 2.45) is 0 Å². The monoisotopic (exact) mass is 339 g/mol. The maximum atomic E-state index is 12.0. The molecule has 0 saturated heterocycles. The van der Waals surface area contributed by atoms with Crippen molar-refractivity contribution in [2.75, 3.05) is 11.9 Å². The fraction of sp³-hybridized carbons (Fsp3) is 0.300. The highest BCUT2D eigenvalue weighted by Crippen LogP contribution is 2.18. The minimum atomic E-state index is -0.291. The lowest BCUT2D eigenvalue weighted by Gasteiger charge is -2.13. The van der Waals surface area contributed by atoms with E-state index in [0.29, 0.717) is 6.42 Å². The maximum Gasteiger partial charge on any atom is 0.257 e. The molecule has 0 aliphatic carbocycles. The van der Waals surface area contributed by atoms with Crippen molar-refractivity contribution < 1.29 is 9.59 Å². The Kier molecular flexibility index (Phi) is 6.57. The van der Waals surface area contributed by atoms with Gasteiger partial charge in [0.05, 0.1) is 6.54 Å². The van der Waals surface area contributed by atoms with Crippen molar-refractivity contribution in [2.45, 2.75) is 33.1 Å². The van der Waals surface area contributed by atoms with Crippen molar-refractivity contribution in [3.8, 4) is 0 Å². The van der Waals surface area contributed by atoms with Crippen LogP contribution >= 0.6 is 0 Å². The standard InChI is InChI=1S/C20H25N3O2/c1-14-9-10-18(16(3)11-14)21-13-20(25)23-22-19(24)12-15(2)17-7-5-4-6-8-17/h4-11,15,21H,12-13H2,1-3H3,(H,22,24)(H,23,25). The molecule has 1 unspecified atom stereocenters. The first-order chi connectivity index (χ1) is 12.0. The number of hydrogen-bond donors (Lipinski definition) is 3. The van der Waals surface area contributed by atoms with Crippen molar-refractivity contribution in [1.29, 1.82) is 0 Å². The van der Waals surface area contributed by atoms with Crippen molar-refractivity contribution >= 4 is 17.5 Å². The van der Waals surface area contributed by atoms with Crippen LogP contribution in [-0.4, -0.2) is 18.4 Å². The summed E-state index contributed by atoms with van der Waals surface area (Å²) in [6, 6.07) is 15.8. The predicted molar refractivity (Wildman–Crippen MR) is 100 cm³/mol. The quantitative estimate of drug-likeness (QED) is 0.709. The zero-order valence-corrected chi connectivity index (χ0v) is 14.9. The molecular formula is C20H25N3O2. The third-order valence-corrected chi connectivity index (χ3v) is 4.02. The molecule has 0 spiro atoms. The van der Waals surface area contributed by atoms with Crippen molar-refractivity contribution in [3.63, 3.8) is 0 Å². The number of benzene rings is 2. The second kappa shape index (κ2) is 8.87. The van der Waals surface area contributed by atoms with Gasteiger partial charge in [0.2, 0.25) is 5.91 Å². The van der Waals surface area contributed by atoms with E-state index in [2.05, 4.69) is 16.2 Å². The Morgan fingerprint density at radius 2 is 1.64 bits per heavy atom. The molecule has 1 atom stereocenters. The molecule has 0 aliphatic rings. The fourth-order valence-electron chi connectivity index (χ4n) is 2.60. The molecule has 0 saturated carbocycles. The molecule has 5 heteroatoms. The van der Waals surface area contributed by atoms with Crippen LogP contribution in [0, 0.1) is 13.8 Å². The third kappa shape index (κ3) is 5.95. The molecule has 0 bridgehead atoms. The summed E-state index contributed by atoms with van der Waals surface area (Å²) in [6.45, 7) is 6.09. The highest BCUT2D eigenvalue weighted by molar-refractivity contribution is 5.84. The summed E-state index contributed by atoms with van der Waals surface area (Å²) in [5.41, 5.74) is 9.16. The lowest BCUT2D eigenvalue weighted by molar-refractivity contribution is -0.128. The van der Waals surface area contributed by atoms with Crippen LogP contribution in [0.2, 0.25) is 0 Å². The van der Waals surface area contributed by atoms with Crippen LogP contribution in [0.25, 0.3) is 0 Å². The van der Waals surface area contributed by atoms with Crippen molar-refractivity contribution in [1.82, 2.24) is 10.9 Å². The largest absolute Gasteiger partial charge is 0.376 e. The molecule has 0 fully saturated rings. The van der Waals surface area contributed by atoms with Crippen LogP contribution in [0.3, 0.4) is 0 Å². The average Bonchev–Trinajstić information content (AvgIpc) is 2.60. The van der Waals surface area contributed by atoms with Gasteiger partial charge >= 0.3 is 0 Å². The molecule has 0 heterocycles. The number of carbonyl (C=O) groups is 2. The Balaban J connectivity index is 1.73. The van der Waals surface area contributed by atoms with Gasteiger partial charge < -0.3 is 5.32 Å². The lowest BCUT2D eigenvalue weighted by Crippen LogP contribution is -2.44. The average molecular weight is 339 g/mol. The Morgan fingerprint density at radius 1 is 0.960 bits per heavy atom. The Labute approximate surface area is 148 Å². The Bertz CT molecular complexity index is 729. The van der Waals surface area contributed by atoms with E-state index in [1.165, 1.54) is 5.56 Å². The van der Waals surface area contributed by atoms with Crippen LogP contribution in [-0.2, 0) is 9.59 Å². The van der Waals surface area contributed by atoms with Gasteiger partial charge in [-0.25, -0.2) is 0 Å². The van der Waals surface area contributed by atoms with Gasteiger partial charge in [0, 0.05) is 12.1 Å². The summed E-state index contributed by atoms with van der Waals surface area (Å²) in [6.07, 6.45) is 0.314. The van der Waals surface area contributed by atoms with Gasteiger partial charge in [-0.3, -0.25) is 20.4 Å².